The molecule has 7 aromatic carbocycles. The Morgan fingerprint density at radius 1 is 0.586 bits per heavy atom. The summed E-state index contributed by atoms with van der Waals surface area (Å²) in [5.74, 6) is 1.55. The summed E-state index contributed by atoms with van der Waals surface area (Å²) in [6.45, 7) is 2.18. The molecule has 0 fully saturated rings. The highest BCUT2D eigenvalue weighted by Gasteiger charge is 2.27. The van der Waals surface area contributed by atoms with Crippen LogP contribution in [0.3, 0.4) is 0 Å². The minimum atomic E-state index is 0.660. The van der Waals surface area contributed by atoms with Crippen LogP contribution >= 0.6 is 11.3 Å². The third-order valence-electron chi connectivity index (χ3n) is 11.9. The van der Waals surface area contributed by atoms with Gasteiger partial charge >= 0.3 is 0 Å². The van der Waals surface area contributed by atoms with E-state index < -0.39 is 0 Å². The molecular formula is C53H35N3OS. The molecular weight excluding hydrogens is 727 g/mol. The third kappa shape index (κ3) is 5.00. The minimum Gasteiger partial charge on any atom is -0.456 e. The number of fused-ring (bicyclic) bond motifs is 10. The van der Waals surface area contributed by atoms with Gasteiger partial charge in [-0.15, -0.1) is 11.3 Å². The van der Waals surface area contributed by atoms with Gasteiger partial charge in [-0.2, -0.15) is 0 Å². The van der Waals surface area contributed by atoms with Crippen LogP contribution in [0.25, 0.3) is 110 Å². The summed E-state index contributed by atoms with van der Waals surface area (Å²) in [5, 5.41) is 6.02. The van der Waals surface area contributed by atoms with E-state index in [-0.39, 0.29) is 0 Å². The van der Waals surface area contributed by atoms with E-state index >= 15 is 0 Å². The van der Waals surface area contributed by atoms with Gasteiger partial charge in [0.15, 0.2) is 5.82 Å². The fourth-order valence-corrected chi connectivity index (χ4v) is 10.4. The molecule has 11 aromatic rings. The van der Waals surface area contributed by atoms with Crippen LogP contribution in [0, 0.1) is 6.92 Å². The van der Waals surface area contributed by atoms with Crippen molar-refractivity contribution >= 4 is 70.4 Å². The van der Waals surface area contributed by atoms with Crippen LogP contribution in [-0.4, -0.2) is 14.5 Å². The van der Waals surface area contributed by atoms with Gasteiger partial charge < -0.3 is 4.42 Å². The SMILES string of the molecule is Cc1c(-c2ccccc2)nc(-c2ccc3c(c2)oc2cccc(-c4ccccc4)c23)nc1-n1c2c(c3cc(-c4ccccc4)c4sc5ccccc5c4c31)CCC=C2. The van der Waals surface area contributed by atoms with Crippen LogP contribution in [-0.2, 0) is 6.42 Å². The molecule has 1 aliphatic carbocycles. The van der Waals surface area contributed by atoms with Crippen LogP contribution in [0.1, 0.15) is 23.2 Å². The molecule has 274 valence electrons. The number of hydrogen-bond acceptors (Lipinski definition) is 4. The van der Waals surface area contributed by atoms with Gasteiger partial charge in [-0.25, -0.2) is 9.97 Å². The van der Waals surface area contributed by atoms with Crippen LogP contribution < -0.4 is 0 Å². The fourth-order valence-electron chi connectivity index (χ4n) is 9.20. The van der Waals surface area contributed by atoms with Crippen LogP contribution in [0.5, 0.6) is 0 Å². The summed E-state index contributed by atoms with van der Waals surface area (Å²) in [6, 6.07) is 56.0. The lowest BCUT2D eigenvalue weighted by Gasteiger charge is -2.18. The van der Waals surface area contributed by atoms with Crippen LogP contribution in [0.2, 0.25) is 0 Å². The van der Waals surface area contributed by atoms with E-state index in [0.29, 0.717) is 5.82 Å². The quantitative estimate of drug-likeness (QED) is 0.175. The number of thiophene rings is 1. The van der Waals surface area contributed by atoms with E-state index in [2.05, 4.69) is 181 Å². The van der Waals surface area contributed by atoms with Crippen molar-refractivity contribution in [1.82, 2.24) is 14.5 Å². The average Bonchev–Trinajstić information content (AvgIpc) is 3.96. The number of rotatable bonds is 5. The molecule has 0 atom stereocenters. The number of nitrogens with zero attached hydrogens (tertiary/aromatic N) is 3. The Morgan fingerprint density at radius 3 is 2.10 bits per heavy atom. The predicted octanol–water partition coefficient (Wildman–Crippen LogP) is 14.6. The highest BCUT2D eigenvalue weighted by atomic mass is 32.1. The Morgan fingerprint density at radius 2 is 1.31 bits per heavy atom. The van der Waals surface area contributed by atoms with Crippen molar-refractivity contribution in [3.8, 4) is 50.7 Å². The molecule has 1 aliphatic rings. The number of aromatic nitrogens is 3. The Kier molecular flexibility index (Phi) is 7.41. The van der Waals surface area contributed by atoms with Crippen molar-refractivity contribution in [2.45, 2.75) is 19.8 Å². The normalized spacial score (nSPS) is 12.7. The first-order chi connectivity index (χ1) is 28.7. The smallest absolute Gasteiger partial charge is 0.162 e. The zero-order chi connectivity index (χ0) is 38.3. The van der Waals surface area contributed by atoms with Crippen molar-refractivity contribution < 1.29 is 4.42 Å². The lowest BCUT2D eigenvalue weighted by atomic mass is 9.95. The first-order valence-electron chi connectivity index (χ1n) is 19.9. The molecule has 4 heterocycles. The van der Waals surface area contributed by atoms with Crippen molar-refractivity contribution in [2.75, 3.05) is 0 Å². The van der Waals surface area contributed by atoms with E-state index in [1.165, 1.54) is 59.0 Å². The second-order valence-corrected chi connectivity index (χ2v) is 16.2. The molecule has 0 saturated carbocycles. The molecule has 0 N–H and O–H groups in total. The number of aryl methyl sites for hydroxylation is 1. The summed E-state index contributed by atoms with van der Waals surface area (Å²) in [7, 11) is 0. The Bertz CT molecular complexity index is 3450. The predicted molar refractivity (Wildman–Crippen MR) is 243 cm³/mol. The van der Waals surface area contributed by atoms with Gasteiger partial charge in [-0.3, -0.25) is 4.57 Å². The molecule has 0 bridgehead atoms. The number of allylic oxidation sites excluding steroid dienone is 1. The molecule has 0 aliphatic heterocycles. The zero-order valence-electron chi connectivity index (χ0n) is 31.7. The van der Waals surface area contributed by atoms with E-state index in [1.807, 2.05) is 11.3 Å². The number of furan rings is 1. The maximum absolute atomic E-state index is 6.61. The van der Waals surface area contributed by atoms with E-state index in [9.17, 15) is 0 Å². The first-order valence-corrected chi connectivity index (χ1v) is 20.7. The monoisotopic (exact) mass is 761 g/mol. The van der Waals surface area contributed by atoms with Crippen LogP contribution in [0.15, 0.2) is 168 Å². The van der Waals surface area contributed by atoms with Crippen molar-refractivity contribution in [1.29, 1.82) is 0 Å². The maximum atomic E-state index is 6.61. The minimum absolute atomic E-state index is 0.660. The molecule has 58 heavy (non-hydrogen) atoms. The van der Waals surface area contributed by atoms with Gasteiger partial charge in [-0.05, 0) is 78.4 Å². The molecule has 0 unspecified atom stereocenters. The summed E-state index contributed by atoms with van der Waals surface area (Å²) in [4.78, 5) is 11.0. The molecule has 12 rings (SSSR count). The number of hydrogen-bond donors (Lipinski definition) is 0. The third-order valence-corrected chi connectivity index (χ3v) is 13.1. The molecule has 0 radical (unpaired) electrons. The lowest BCUT2D eigenvalue weighted by Crippen LogP contribution is -2.09. The average molecular weight is 762 g/mol. The topological polar surface area (TPSA) is 43.9 Å². The van der Waals surface area contributed by atoms with E-state index in [1.54, 1.807) is 0 Å². The summed E-state index contributed by atoms with van der Waals surface area (Å²) in [5.41, 5.74) is 14.2. The lowest BCUT2D eigenvalue weighted by molar-refractivity contribution is 0.669. The molecule has 0 saturated heterocycles. The maximum Gasteiger partial charge on any atom is 0.162 e. The molecule has 0 spiro atoms. The zero-order valence-corrected chi connectivity index (χ0v) is 32.6. The van der Waals surface area contributed by atoms with Gasteiger partial charge in [0.2, 0.25) is 0 Å². The van der Waals surface area contributed by atoms with Gasteiger partial charge in [0.25, 0.3) is 0 Å². The second-order valence-electron chi connectivity index (χ2n) is 15.2. The van der Waals surface area contributed by atoms with E-state index in [0.717, 1.165) is 68.5 Å². The van der Waals surface area contributed by atoms with Gasteiger partial charge in [0.1, 0.15) is 17.0 Å². The Balaban J connectivity index is 1.16. The highest BCUT2D eigenvalue weighted by Crippen LogP contribution is 2.48. The molecule has 0 amide bonds. The first kappa shape index (κ1) is 33.1. The highest BCUT2D eigenvalue weighted by molar-refractivity contribution is 7.26. The Hall–Kier alpha value is -7.08. The van der Waals surface area contributed by atoms with Gasteiger partial charge in [0.05, 0.1) is 16.9 Å². The summed E-state index contributed by atoms with van der Waals surface area (Å²) >= 11 is 1.88. The van der Waals surface area contributed by atoms with Gasteiger partial charge in [0, 0.05) is 58.6 Å². The van der Waals surface area contributed by atoms with Crippen molar-refractivity contribution in [3.05, 3.63) is 181 Å². The molecule has 4 nitrogen and oxygen atoms in total. The van der Waals surface area contributed by atoms with Crippen molar-refractivity contribution in [3.63, 3.8) is 0 Å². The number of benzene rings is 7. The fraction of sp³-hybridized carbons (Fsp3) is 0.0566. The second kappa shape index (κ2) is 13.0. The van der Waals surface area contributed by atoms with Gasteiger partial charge in [-0.1, -0.05) is 133 Å². The largest absolute Gasteiger partial charge is 0.456 e. The summed E-state index contributed by atoms with van der Waals surface area (Å²) in [6.07, 6.45) is 6.60. The summed E-state index contributed by atoms with van der Waals surface area (Å²) < 4.78 is 11.6. The van der Waals surface area contributed by atoms with Crippen molar-refractivity contribution in [2.24, 2.45) is 0 Å². The molecule has 5 heteroatoms. The Labute approximate surface area is 339 Å². The standard InChI is InChI=1S/C53H35N3OS/c1-32-49(35-20-9-4-10-21-35)54-52(36-28-29-39-45(30-36)57-44-26-15-24-37(47(39)44)33-16-5-2-6-17-33)55-53(32)56-43-25-13-11-22-38(43)42-31-41(34-18-7-3-8-19-34)51-48(50(42)56)40-23-12-14-27-46(40)58-51/h2-10,12-21,23-31H,11,22H2,1H3. The van der Waals surface area contributed by atoms with Crippen LogP contribution in [0.4, 0.5) is 0 Å². The van der Waals surface area contributed by atoms with E-state index in [4.69, 9.17) is 14.4 Å². The molecule has 4 aromatic heterocycles.